The molecule has 1 unspecified atom stereocenters. The van der Waals surface area contributed by atoms with E-state index < -0.39 is 12.1 Å². The van der Waals surface area contributed by atoms with Gasteiger partial charge in [-0.1, -0.05) is 6.92 Å². The van der Waals surface area contributed by atoms with Crippen molar-refractivity contribution in [1.29, 1.82) is 0 Å². The van der Waals surface area contributed by atoms with E-state index in [0.29, 0.717) is 16.9 Å². The summed E-state index contributed by atoms with van der Waals surface area (Å²) in [5, 5.41) is 1.84. The molecule has 0 spiro atoms. The third-order valence-corrected chi connectivity index (χ3v) is 2.87. The standard InChI is InChI=1S/C14H18F3NO2/c1-5-10(4)20-12-8(2)6-11(7-9(12)3)18-13(19)14(15,16)17/h6-7,10H,5H2,1-4H3,(H,18,19). The Morgan fingerprint density at radius 1 is 1.30 bits per heavy atom. The van der Waals surface area contributed by atoms with Crippen molar-refractivity contribution in [3.8, 4) is 5.75 Å². The molecule has 1 rings (SSSR count). The first-order valence-corrected chi connectivity index (χ1v) is 6.31. The first kappa shape index (κ1) is 16.3. The highest BCUT2D eigenvalue weighted by Gasteiger charge is 2.38. The van der Waals surface area contributed by atoms with Crippen molar-refractivity contribution in [3.05, 3.63) is 23.3 Å². The summed E-state index contributed by atoms with van der Waals surface area (Å²) >= 11 is 0. The van der Waals surface area contributed by atoms with Crippen LogP contribution in [0.25, 0.3) is 0 Å². The van der Waals surface area contributed by atoms with Gasteiger partial charge in [0.25, 0.3) is 0 Å². The van der Waals surface area contributed by atoms with Crippen LogP contribution in [-0.4, -0.2) is 18.2 Å². The molecule has 1 N–H and O–H groups in total. The smallest absolute Gasteiger partial charge is 0.471 e. The molecule has 6 heteroatoms. The second-order valence-electron chi connectivity index (χ2n) is 4.73. The molecule has 3 nitrogen and oxygen atoms in total. The molecular weight excluding hydrogens is 271 g/mol. The van der Waals surface area contributed by atoms with Gasteiger partial charge < -0.3 is 10.1 Å². The summed E-state index contributed by atoms with van der Waals surface area (Å²) in [6.07, 6.45) is -4.05. The van der Waals surface area contributed by atoms with E-state index in [4.69, 9.17) is 4.74 Å². The highest BCUT2D eigenvalue weighted by Crippen LogP contribution is 2.29. The van der Waals surface area contributed by atoms with Gasteiger partial charge in [-0.25, -0.2) is 0 Å². The normalized spacial score (nSPS) is 12.9. The number of hydrogen-bond donors (Lipinski definition) is 1. The number of ether oxygens (including phenoxy) is 1. The number of hydrogen-bond acceptors (Lipinski definition) is 2. The first-order valence-electron chi connectivity index (χ1n) is 6.31. The van der Waals surface area contributed by atoms with Crippen LogP contribution in [0.2, 0.25) is 0 Å². The lowest BCUT2D eigenvalue weighted by Crippen LogP contribution is -2.30. The molecule has 20 heavy (non-hydrogen) atoms. The second kappa shape index (κ2) is 6.15. The van der Waals surface area contributed by atoms with Gasteiger partial charge in [0.15, 0.2) is 0 Å². The molecule has 0 saturated carbocycles. The monoisotopic (exact) mass is 289 g/mol. The molecule has 0 aliphatic heterocycles. The summed E-state index contributed by atoms with van der Waals surface area (Å²) in [7, 11) is 0. The highest BCUT2D eigenvalue weighted by molar-refractivity contribution is 5.95. The molecule has 0 aromatic heterocycles. The summed E-state index contributed by atoms with van der Waals surface area (Å²) < 4.78 is 42.3. The Hall–Kier alpha value is -1.72. The van der Waals surface area contributed by atoms with E-state index in [9.17, 15) is 18.0 Å². The van der Waals surface area contributed by atoms with Crippen LogP contribution in [0.1, 0.15) is 31.4 Å². The lowest BCUT2D eigenvalue weighted by molar-refractivity contribution is -0.167. The average molecular weight is 289 g/mol. The van der Waals surface area contributed by atoms with Crippen LogP contribution in [0.4, 0.5) is 18.9 Å². The number of rotatable bonds is 4. The quantitative estimate of drug-likeness (QED) is 0.910. The van der Waals surface area contributed by atoms with Crippen LogP contribution >= 0.6 is 0 Å². The van der Waals surface area contributed by atoms with E-state index in [1.807, 2.05) is 19.2 Å². The minimum atomic E-state index is -4.90. The molecule has 0 aliphatic rings. The molecule has 0 bridgehead atoms. The Balaban J connectivity index is 2.96. The first-order chi connectivity index (χ1) is 9.15. The summed E-state index contributed by atoms with van der Waals surface area (Å²) in [5.41, 5.74) is 1.48. The van der Waals surface area contributed by atoms with Crippen LogP contribution in [0.3, 0.4) is 0 Å². The molecule has 1 aromatic rings. The van der Waals surface area contributed by atoms with E-state index in [0.717, 1.165) is 6.42 Å². The zero-order valence-electron chi connectivity index (χ0n) is 11.9. The summed E-state index contributed by atoms with van der Waals surface area (Å²) in [4.78, 5) is 10.9. The molecule has 0 aliphatic carbocycles. The molecule has 0 saturated heterocycles. The van der Waals surface area contributed by atoms with Gasteiger partial charge in [0, 0.05) is 5.69 Å². The third kappa shape index (κ3) is 4.15. The fourth-order valence-corrected chi connectivity index (χ4v) is 1.69. The van der Waals surface area contributed by atoms with Crippen molar-refractivity contribution in [2.45, 2.75) is 46.4 Å². The molecule has 1 atom stereocenters. The average Bonchev–Trinajstić information content (AvgIpc) is 2.32. The topological polar surface area (TPSA) is 38.3 Å². The number of benzene rings is 1. The molecule has 0 heterocycles. The maximum atomic E-state index is 12.2. The Bertz CT molecular complexity index is 475. The zero-order valence-corrected chi connectivity index (χ0v) is 11.9. The van der Waals surface area contributed by atoms with Gasteiger partial charge in [0.2, 0.25) is 0 Å². The summed E-state index contributed by atoms with van der Waals surface area (Å²) in [6.45, 7) is 7.35. The molecule has 1 amide bonds. The number of amides is 1. The lowest BCUT2D eigenvalue weighted by Gasteiger charge is -2.18. The predicted octanol–water partition coefficient (Wildman–Crippen LogP) is 3.98. The van der Waals surface area contributed by atoms with Gasteiger partial charge in [-0.05, 0) is 50.5 Å². The van der Waals surface area contributed by atoms with E-state index in [-0.39, 0.29) is 11.8 Å². The third-order valence-electron chi connectivity index (χ3n) is 2.87. The number of aryl methyl sites for hydroxylation is 2. The van der Waals surface area contributed by atoms with Gasteiger partial charge in [-0.3, -0.25) is 4.79 Å². The molecule has 112 valence electrons. The van der Waals surface area contributed by atoms with E-state index >= 15 is 0 Å². The van der Waals surface area contributed by atoms with Crippen LogP contribution in [0, 0.1) is 13.8 Å². The van der Waals surface area contributed by atoms with Crippen molar-refractivity contribution in [1.82, 2.24) is 0 Å². The maximum Gasteiger partial charge on any atom is 0.471 e. The van der Waals surface area contributed by atoms with Gasteiger partial charge in [-0.15, -0.1) is 0 Å². The van der Waals surface area contributed by atoms with Crippen molar-refractivity contribution < 1.29 is 22.7 Å². The fraction of sp³-hybridized carbons (Fsp3) is 0.500. The van der Waals surface area contributed by atoms with Gasteiger partial charge in [0.05, 0.1) is 6.10 Å². The summed E-state index contributed by atoms with van der Waals surface area (Å²) in [6, 6.07) is 2.93. The largest absolute Gasteiger partial charge is 0.490 e. The summed E-state index contributed by atoms with van der Waals surface area (Å²) in [5.74, 6) is -1.34. The van der Waals surface area contributed by atoms with Gasteiger partial charge in [0.1, 0.15) is 5.75 Å². The molecule has 1 aromatic carbocycles. The molecular formula is C14H18F3NO2. The fourth-order valence-electron chi connectivity index (χ4n) is 1.69. The number of halogens is 3. The van der Waals surface area contributed by atoms with E-state index in [1.54, 1.807) is 13.8 Å². The molecule has 0 radical (unpaired) electrons. The Labute approximate surface area is 116 Å². The number of nitrogens with one attached hydrogen (secondary N) is 1. The second-order valence-corrected chi connectivity index (χ2v) is 4.73. The van der Waals surface area contributed by atoms with Crippen LogP contribution in [0.5, 0.6) is 5.75 Å². The SMILES string of the molecule is CCC(C)Oc1c(C)cc(NC(=O)C(F)(F)F)cc1C. The Morgan fingerprint density at radius 3 is 2.20 bits per heavy atom. The minimum absolute atomic E-state index is 0.0167. The Kier molecular flexibility index (Phi) is 5.03. The van der Waals surface area contributed by atoms with Crippen LogP contribution in [-0.2, 0) is 4.79 Å². The van der Waals surface area contributed by atoms with Crippen LogP contribution in [0.15, 0.2) is 12.1 Å². The van der Waals surface area contributed by atoms with Crippen molar-refractivity contribution >= 4 is 11.6 Å². The van der Waals surface area contributed by atoms with Gasteiger partial charge in [-0.2, -0.15) is 13.2 Å². The van der Waals surface area contributed by atoms with E-state index in [2.05, 4.69) is 0 Å². The minimum Gasteiger partial charge on any atom is -0.490 e. The molecule has 0 fully saturated rings. The zero-order chi connectivity index (χ0) is 15.5. The van der Waals surface area contributed by atoms with Crippen molar-refractivity contribution in [2.75, 3.05) is 5.32 Å². The van der Waals surface area contributed by atoms with Crippen molar-refractivity contribution in [3.63, 3.8) is 0 Å². The van der Waals surface area contributed by atoms with Crippen molar-refractivity contribution in [2.24, 2.45) is 0 Å². The number of carbonyl (C=O) groups is 1. The number of carbonyl (C=O) groups excluding carboxylic acids is 1. The predicted molar refractivity (Wildman–Crippen MR) is 71.0 cm³/mol. The highest BCUT2D eigenvalue weighted by atomic mass is 19.4. The number of anilines is 1. The van der Waals surface area contributed by atoms with Gasteiger partial charge >= 0.3 is 12.1 Å². The Morgan fingerprint density at radius 2 is 1.80 bits per heavy atom. The maximum absolute atomic E-state index is 12.2. The van der Waals surface area contributed by atoms with E-state index in [1.165, 1.54) is 12.1 Å². The lowest BCUT2D eigenvalue weighted by atomic mass is 10.1. The van der Waals surface area contributed by atoms with Crippen LogP contribution < -0.4 is 10.1 Å². The number of alkyl halides is 3.